The Morgan fingerprint density at radius 1 is 0.952 bits per heavy atom. The van der Waals surface area contributed by atoms with Crippen LogP contribution < -0.4 is 16.0 Å². The summed E-state index contributed by atoms with van der Waals surface area (Å²) in [5, 5.41) is 7.64. The Morgan fingerprint density at radius 2 is 1.60 bits per heavy atom. The van der Waals surface area contributed by atoms with Crippen molar-refractivity contribution in [2.75, 3.05) is 64.7 Å². The zero-order valence-corrected chi connectivity index (χ0v) is 24.3. The summed E-state index contributed by atoms with van der Waals surface area (Å²) in [6, 6.07) is 4.27. The number of nitrogens with one attached hydrogen (secondary N) is 3. The van der Waals surface area contributed by atoms with Crippen molar-refractivity contribution in [2.45, 2.75) is 51.8 Å². The highest BCUT2D eigenvalue weighted by Crippen LogP contribution is 2.32. The molecular formula is C28H40N4O10. The lowest BCUT2D eigenvalue weighted by atomic mass is 10.0. The normalized spacial score (nSPS) is 16.7. The zero-order chi connectivity index (χ0) is 30.5. The summed E-state index contributed by atoms with van der Waals surface area (Å²) in [4.78, 5) is 62.0. The fourth-order valence-corrected chi connectivity index (χ4v) is 4.25. The molecule has 42 heavy (non-hydrogen) atoms. The fraction of sp³-hybridized carbons (Fsp3) is 0.607. The highest BCUT2D eigenvalue weighted by molar-refractivity contribution is 6.06. The van der Waals surface area contributed by atoms with Gasteiger partial charge in [-0.25, -0.2) is 4.79 Å². The number of imide groups is 1. The van der Waals surface area contributed by atoms with Gasteiger partial charge in [0, 0.05) is 36.3 Å². The Hall–Kier alpha value is -3.59. The average Bonchev–Trinajstić information content (AvgIpc) is 3.25. The summed E-state index contributed by atoms with van der Waals surface area (Å²) in [5.41, 5.74) is 0.962. The van der Waals surface area contributed by atoms with Crippen LogP contribution in [0.4, 0.5) is 10.5 Å². The van der Waals surface area contributed by atoms with Crippen LogP contribution in [0.1, 0.15) is 49.5 Å². The monoisotopic (exact) mass is 592 g/mol. The molecule has 14 heteroatoms. The fourth-order valence-electron chi connectivity index (χ4n) is 4.25. The average molecular weight is 593 g/mol. The number of fused-ring (bicyclic) bond motifs is 1. The van der Waals surface area contributed by atoms with Crippen molar-refractivity contribution in [1.82, 2.24) is 15.5 Å². The Balaban J connectivity index is 1.21. The topological polar surface area (TPSA) is 171 Å². The second-order valence-corrected chi connectivity index (χ2v) is 10.6. The standard InChI is InChI=1S/C28H40N4O10/c1-28(2,3)42-27(37)29-9-10-38-11-12-39-13-14-40-15-16-41-18-24(34)30-21-6-4-5-19-20(21)17-32(26(19)36)22-7-8-23(33)31-25(22)35/h4-6,22H,7-18H2,1-3H3,(H,29,37)(H,30,34)(H,31,33,35). The third kappa shape index (κ3) is 10.7. The molecule has 1 aromatic rings. The van der Waals surface area contributed by atoms with Crippen molar-refractivity contribution in [3.8, 4) is 0 Å². The quantitative estimate of drug-likeness (QED) is 0.186. The molecule has 1 aromatic carbocycles. The van der Waals surface area contributed by atoms with Crippen molar-refractivity contribution in [3.63, 3.8) is 0 Å². The third-order valence-corrected chi connectivity index (χ3v) is 6.12. The number of benzene rings is 1. The molecule has 1 unspecified atom stereocenters. The minimum atomic E-state index is -0.729. The van der Waals surface area contributed by atoms with Crippen LogP contribution in [0.2, 0.25) is 0 Å². The van der Waals surface area contributed by atoms with Gasteiger partial charge in [0.1, 0.15) is 18.2 Å². The lowest BCUT2D eigenvalue weighted by Crippen LogP contribution is -2.52. The summed E-state index contributed by atoms with van der Waals surface area (Å²) >= 11 is 0. The van der Waals surface area contributed by atoms with Crippen LogP contribution in [0.5, 0.6) is 0 Å². The molecule has 0 aliphatic carbocycles. The number of piperidine rings is 1. The number of amides is 5. The maximum atomic E-state index is 12.9. The first-order valence-electron chi connectivity index (χ1n) is 13.9. The van der Waals surface area contributed by atoms with Gasteiger partial charge in [-0.05, 0) is 39.3 Å². The van der Waals surface area contributed by atoms with Crippen LogP contribution in [-0.2, 0) is 44.6 Å². The van der Waals surface area contributed by atoms with E-state index >= 15 is 0 Å². The molecule has 0 bridgehead atoms. The number of hydrogen-bond donors (Lipinski definition) is 3. The van der Waals surface area contributed by atoms with Crippen LogP contribution in [0.15, 0.2) is 18.2 Å². The predicted molar refractivity (Wildman–Crippen MR) is 149 cm³/mol. The van der Waals surface area contributed by atoms with Crippen LogP contribution in [0.3, 0.4) is 0 Å². The van der Waals surface area contributed by atoms with E-state index < -0.39 is 23.6 Å². The van der Waals surface area contributed by atoms with Gasteiger partial charge in [0.2, 0.25) is 17.7 Å². The number of alkyl carbamates (subject to hydrolysis) is 1. The number of carbonyl (C=O) groups excluding carboxylic acids is 5. The molecular weight excluding hydrogens is 552 g/mol. The van der Waals surface area contributed by atoms with E-state index in [0.29, 0.717) is 56.4 Å². The lowest BCUT2D eigenvalue weighted by molar-refractivity contribution is -0.137. The minimum absolute atomic E-state index is 0.158. The molecule has 0 spiro atoms. The van der Waals surface area contributed by atoms with Gasteiger partial charge in [0.25, 0.3) is 5.91 Å². The molecule has 2 heterocycles. The molecule has 1 atom stereocenters. The largest absolute Gasteiger partial charge is 0.444 e. The van der Waals surface area contributed by atoms with Crippen molar-refractivity contribution >= 4 is 35.4 Å². The lowest BCUT2D eigenvalue weighted by Gasteiger charge is -2.29. The van der Waals surface area contributed by atoms with E-state index in [1.54, 1.807) is 39.0 Å². The smallest absolute Gasteiger partial charge is 0.407 e. The first kappa shape index (κ1) is 32.9. The van der Waals surface area contributed by atoms with E-state index in [1.807, 2.05) is 0 Å². The first-order valence-corrected chi connectivity index (χ1v) is 13.9. The number of rotatable bonds is 16. The Bertz CT molecular complexity index is 1120. The predicted octanol–water partition coefficient (Wildman–Crippen LogP) is 0.977. The number of anilines is 1. The molecule has 2 aliphatic heterocycles. The molecule has 1 saturated heterocycles. The van der Waals surface area contributed by atoms with Crippen LogP contribution in [-0.4, -0.2) is 106 Å². The molecule has 3 rings (SSSR count). The second-order valence-electron chi connectivity index (χ2n) is 10.6. The van der Waals surface area contributed by atoms with Crippen molar-refractivity contribution in [2.24, 2.45) is 0 Å². The van der Waals surface area contributed by atoms with Gasteiger partial charge in [-0.3, -0.25) is 24.5 Å². The molecule has 3 N–H and O–H groups in total. The van der Waals surface area contributed by atoms with E-state index in [1.165, 1.54) is 4.90 Å². The molecule has 5 amide bonds. The number of nitrogens with zero attached hydrogens (tertiary/aromatic N) is 1. The molecule has 0 saturated carbocycles. The molecule has 0 radical (unpaired) electrons. The molecule has 14 nitrogen and oxygen atoms in total. The van der Waals surface area contributed by atoms with Crippen molar-refractivity contribution in [1.29, 1.82) is 0 Å². The van der Waals surface area contributed by atoms with E-state index in [2.05, 4.69) is 16.0 Å². The molecule has 0 aromatic heterocycles. The first-order chi connectivity index (χ1) is 20.0. The minimum Gasteiger partial charge on any atom is -0.444 e. The molecule has 232 valence electrons. The van der Waals surface area contributed by atoms with Gasteiger partial charge < -0.3 is 39.2 Å². The zero-order valence-electron chi connectivity index (χ0n) is 24.3. The SMILES string of the molecule is CC(C)(C)OC(=O)NCCOCCOCCOCCOCC(=O)Nc1cccc2c1CN(C1CCC(=O)NC1=O)C2=O. The van der Waals surface area contributed by atoms with E-state index in [9.17, 15) is 24.0 Å². The van der Waals surface area contributed by atoms with Gasteiger partial charge in [-0.15, -0.1) is 0 Å². The highest BCUT2D eigenvalue weighted by Gasteiger charge is 2.39. The Kier molecular flexibility index (Phi) is 12.7. The van der Waals surface area contributed by atoms with Gasteiger partial charge in [-0.1, -0.05) is 6.07 Å². The van der Waals surface area contributed by atoms with Gasteiger partial charge >= 0.3 is 6.09 Å². The van der Waals surface area contributed by atoms with Crippen LogP contribution in [0.25, 0.3) is 0 Å². The maximum absolute atomic E-state index is 12.9. The second kappa shape index (κ2) is 16.2. The van der Waals surface area contributed by atoms with Gasteiger partial charge in [-0.2, -0.15) is 0 Å². The molecule has 1 fully saturated rings. The van der Waals surface area contributed by atoms with E-state index in [-0.39, 0.29) is 56.9 Å². The Labute approximate surface area is 244 Å². The Morgan fingerprint density at radius 3 is 2.24 bits per heavy atom. The van der Waals surface area contributed by atoms with E-state index in [0.717, 1.165) is 0 Å². The van der Waals surface area contributed by atoms with Crippen molar-refractivity contribution < 1.29 is 47.7 Å². The summed E-state index contributed by atoms with van der Waals surface area (Å²) < 4.78 is 26.7. The number of ether oxygens (including phenoxy) is 5. The summed E-state index contributed by atoms with van der Waals surface area (Å²) in [6.07, 6.45) is -0.0541. The van der Waals surface area contributed by atoms with Gasteiger partial charge in [0.05, 0.1) is 46.2 Å². The van der Waals surface area contributed by atoms with Gasteiger partial charge in [0.15, 0.2) is 0 Å². The molecule has 2 aliphatic rings. The van der Waals surface area contributed by atoms with Crippen molar-refractivity contribution in [3.05, 3.63) is 29.3 Å². The number of hydrogen-bond acceptors (Lipinski definition) is 10. The summed E-state index contributed by atoms with van der Waals surface area (Å²) in [5.74, 6) is -1.54. The van der Waals surface area contributed by atoms with Crippen LogP contribution >= 0.6 is 0 Å². The van der Waals surface area contributed by atoms with E-state index in [4.69, 9.17) is 23.7 Å². The van der Waals surface area contributed by atoms with Crippen LogP contribution in [0, 0.1) is 0 Å². The highest BCUT2D eigenvalue weighted by atomic mass is 16.6. The summed E-state index contributed by atoms with van der Waals surface area (Å²) in [7, 11) is 0. The third-order valence-electron chi connectivity index (χ3n) is 6.12. The maximum Gasteiger partial charge on any atom is 0.407 e. The number of carbonyl (C=O) groups is 5. The summed E-state index contributed by atoms with van der Waals surface area (Å²) in [6.45, 7) is 7.98.